The summed E-state index contributed by atoms with van der Waals surface area (Å²) in [7, 11) is 0. The van der Waals surface area contributed by atoms with Crippen molar-refractivity contribution in [2.75, 3.05) is 0 Å². The Balaban J connectivity index is 2.38. The molecule has 0 spiro atoms. The van der Waals surface area contributed by atoms with E-state index in [1.54, 1.807) is 4.68 Å². The van der Waals surface area contributed by atoms with Gasteiger partial charge in [-0.15, -0.1) is 5.10 Å². The van der Waals surface area contributed by atoms with Gasteiger partial charge in [0.15, 0.2) is 5.82 Å². The first kappa shape index (κ1) is 13.2. The number of tetrazole rings is 1. The molecule has 0 atom stereocenters. The van der Waals surface area contributed by atoms with E-state index in [1.165, 1.54) is 5.56 Å². The van der Waals surface area contributed by atoms with E-state index in [0.717, 1.165) is 5.56 Å². The van der Waals surface area contributed by atoms with Gasteiger partial charge < -0.3 is 0 Å². The number of hydrogen-bond acceptors (Lipinski definition) is 4. The van der Waals surface area contributed by atoms with Crippen LogP contribution in [0.15, 0.2) is 24.3 Å². The molecule has 5 heteroatoms. The predicted octanol–water partition coefficient (Wildman–Crippen LogP) is 2.55. The van der Waals surface area contributed by atoms with Gasteiger partial charge in [-0.05, 0) is 27.5 Å². The van der Waals surface area contributed by atoms with Crippen LogP contribution >= 0.6 is 0 Å². The van der Waals surface area contributed by atoms with Crippen LogP contribution in [0.25, 0.3) is 11.4 Å². The third-order valence-corrected chi connectivity index (χ3v) is 2.95. The molecule has 0 fully saturated rings. The van der Waals surface area contributed by atoms with Gasteiger partial charge in [0.1, 0.15) is 0 Å². The molecular formula is C14H17N5. The molecule has 2 rings (SSSR count). The van der Waals surface area contributed by atoms with Gasteiger partial charge in [-0.2, -0.15) is 5.26 Å². The first-order chi connectivity index (χ1) is 9.02. The number of aromatic nitrogens is 4. The molecule has 0 unspecified atom stereocenters. The van der Waals surface area contributed by atoms with Gasteiger partial charge in [-0.25, -0.2) is 4.68 Å². The van der Waals surface area contributed by atoms with Crippen molar-refractivity contribution >= 4 is 0 Å². The highest BCUT2D eigenvalue weighted by Crippen LogP contribution is 2.26. The molecule has 0 aliphatic rings. The molecule has 1 aromatic carbocycles. The molecule has 1 aromatic heterocycles. The highest BCUT2D eigenvalue weighted by atomic mass is 15.5. The lowest BCUT2D eigenvalue weighted by Gasteiger charge is -2.19. The van der Waals surface area contributed by atoms with Crippen molar-refractivity contribution in [2.45, 2.75) is 39.2 Å². The molecular weight excluding hydrogens is 238 g/mol. The fourth-order valence-electron chi connectivity index (χ4n) is 1.84. The van der Waals surface area contributed by atoms with E-state index in [2.05, 4.69) is 54.5 Å². The highest BCUT2D eigenvalue weighted by Gasteiger charge is 2.16. The number of nitriles is 1. The number of hydrogen-bond donors (Lipinski definition) is 0. The van der Waals surface area contributed by atoms with Crippen LogP contribution < -0.4 is 0 Å². The van der Waals surface area contributed by atoms with E-state index in [0.29, 0.717) is 18.8 Å². The van der Waals surface area contributed by atoms with Crippen LogP contribution in [0.4, 0.5) is 0 Å². The Kier molecular flexibility index (Phi) is 3.61. The Morgan fingerprint density at radius 2 is 2.11 bits per heavy atom. The summed E-state index contributed by atoms with van der Waals surface area (Å²) in [6.07, 6.45) is 0.400. The summed E-state index contributed by atoms with van der Waals surface area (Å²) in [5.74, 6) is 0.710. The van der Waals surface area contributed by atoms with Gasteiger partial charge in [0.2, 0.25) is 0 Å². The zero-order valence-electron chi connectivity index (χ0n) is 11.5. The third-order valence-electron chi connectivity index (χ3n) is 2.95. The second-order valence-electron chi connectivity index (χ2n) is 5.46. The summed E-state index contributed by atoms with van der Waals surface area (Å²) in [5, 5.41) is 20.3. The lowest BCUT2D eigenvalue weighted by atomic mass is 9.86. The Labute approximate surface area is 112 Å². The molecule has 2 aromatic rings. The van der Waals surface area contributed by atoms with Crippen LogP contribution in [-0.2, 0) is 12.0 Å². The van der Waals surface area contributed by atoms with Crippen LogP contribution in [0.1, 0.15) is 32.8 Å². The van der Waals surface area contributed by atoms with Gasteiger partial charge in [0, 0.05) is 5.56 Å². The van der Waals surface area contributed by atoms with Gasteiger partial charge >= 0.3 is 0 Å². The van der Waals surface area contributed by atoms with Gasteiger partial charge in [-0.1, -0.05) is 39.0 Å². The van der Waals surface area contributed by atoms with Crippen LogP contribution in [-0.4, -0.2) is 20.2 Å². The SMILES string of the molecule is CC(C)(C)c1cccc(-c2nnnn2CCC#N)c1. The second-order valence-corrected chi connectivity index (χ2v) is 5.46. The summed E-state index contributed by atoms with van der Waals surface area (Å²) in [6.45, 7) is 7.03. The maximum absolute atomic E-state index is 8.65. The van der Waals surface area contributed by atoms with E-state index >= 15 is 0 Å². The van der Waals surface area contributed by atoms with Crippen molar-refractivity contribution in [3.8, 4) is 17.5 Å². The first-order valence-corrected chi connectivity index (χ1v) is 6.26. The standard InChI is InChI=1S/C14H17N5/c1-14(2,3)12-7-4-6-11(10-12)13-16-17-18-19(13)9-5-8-15/h4,6-7,10H,5,9H2,1-3H3. The molecule has 0 aliphatic carbocycles. The Morgan fingerprint density at radius 1 is 1.32 bits per heavy atom. The molecule has 0 aliphatic heterocycles. The smallest absolute Gasteiger partial charge is 0.182 e. The second kappa shape index (κ2) is 5.19. The van der Waals surface area contributed by atoms with Crippen molar-refractivity contribution in [3.05, 3.63) is 29.8 Å². The number of rotatable bonds is 3. The van der Waals surface area contributed by atoms with Crippen molar-refractivity contribution in [2.24, 2.45) is 0 Å². The Bertz CT molecular complexity index is 601. The van der Waals surface area contributed by atoms with Crippen LogP contribution in [0.2, 0.25) is 0 Å². The van der Waals surface area contributed by atoms with Gasteiger partial charge in [0.05, 0.1) is 19.0 Å². The summed E-state index contributed by atoms with van der Waals surface area (Å²) in [6, 6.07) is 10.3. The van der Waals surface area contributed by atoms with Gasteiger partial charge in [0.25, 0.3) is 0 Å². The van der Waals surface area contributed by atoms with Crippen molar-refractivity contribution in [3.63, 3.8) is 0 Å². The summed E-state index contributed by atoms with van der Waals surface area (Å²) < 4.78 is 1.67. The maximum atomic E-state index is 8.65. The fourth-order valence-corrected chi connectivity index (χ4v) is 1.84. The maximum Gasteiger partial charge on any atom is 0.182 e. The van der Waals surface area contributed by atoms with Crippen molar-refractivity contribution in [1.29, 1.82) is 5.26 Å². The molecule has 0 saturated carbocycles. The molecule has 19 heavy (non-hydrogen) atoms. The summed E-state index contributed by atoms with van der Waals surface area (Å²) in [4.78, 5) is 0. The minimum absolute atomic E-state index is 0.0843. The Hall–Kier alpha value is -2.22. The Morgan fingerprint density at radius 3 is 2.79 bits per heavy atom. The fraction of sp³-hybridized carbons (Fsp3) is 0.429. The van der Waals surface area contributed by atoms with Crippen LogP contribution in [0.5, 0.6) is 0 Å². The number of aryl methyl sites for hydroxylation is 1. The van der Waals surface area contributed by atoms with E-state index in [-0.39, 0.29) is 5.41 Å². The molecule has 1 heterocycles. The first-order valence-electron chi connectivity index (χ1n) is 6.26. The third kappa shape index (κ3) is 2.97. The molecule has 5 nitrogen and oxygen atoms in total. The highest BCUT2D eigenvalue weighted by molar-refractivity contribution is 5.56. The largest absolute Gasteiger partial charge is 0.224 e. The zero-order chi connectivity index (χ0) is 13.9. The lowest BCUT2D eigenvalue weighted by Crippen LogP contribution is -2.11. The summed E-state index contributed by atoms with van der Waals surface area (Å²) >= 11 is 0. The molecule has 0 radical (unpaired) electrons. The van der Waals surface area contributed by atoms with Gasteiger partial charge in [-0.3, -0.25) is 0 Å². The molecule has 0 N–H and O–H groups in total. The normalized spacial score (nSPS) is 11.3. The topological polar surface area (TPSA) is 67.4 Å². The molecule has 0 saturated heterocycles. The molecule has 0 bridgehead atoms. The number of nitrogens with zero attached hydrogens (tertiary/aromatic N) is 5. The predicted molar refractivity (Wildman–Crippen MR) is 72.2 cm³/mol. The average molecular weight is 255 g/mol. The lowest BCUT2D eigenvalue weighted by molar-refractivity contribution is 0.589. The monoisotopic (exact) mass is 255 g/mol. The quantitative estimate of drug-likeness (QED) is 0.845. The zero-order valence-corrected chi connectivity index (χ0v) is 11.5. The van der Waals surface area contributed by atoms with Crippen LogP contribution in [0.3, 0.4) is 0 Å². The average Bonchev–Trinajstić information content (AvgIpc) is 2.83. The minimum Gasteiger partial charge on any atom is -0.224 e. The van der Waals surface area contributed by atoms with E-state index in [4.69, 9.17) is 5.26 Å². The van der Waals surface area contributed by atoms with Crippen LogP contribution in [0, 0.1) is 11.3 Å². The van der Waals surface area contributed by atoms with E-state index < -0.39 is 0 Å². The minimum atomic E-state index is 0.0843. The van der Waals surface area contributed by atoms with E-state index in [9.17, 15) is 0 Å². The number of benzene rings is 1. The summed E-state index contributed by atoms with van der Waals surface area (Å²) in [5.41, 5.74) is 2.30. The molecule has 0 amide bonds. The van der Waals surface area contributed by atoms with Crippen molar-refractivity contribution in [1.82, 2.24) is 20.2 Å². The van der Waals surface area contributed by atoms with E-state index in [1.807, 2.05) is 12.1 Å². The van der Waals surface area contributed by atoms with Crippen molar-refractivity contribution < 1.29 is 0 Å². The molecule has 98 valence electrons.